The number of benzene rings is 2. The van der Waals surface area contributed by atoms with Gasteiger partial charge in [-0.15, -0.1) is 11.8 Å². The molecule has 0 radical (unpaired) electrons. The van der Waals surface area contributed by atoms with Gasteiger partial charge in [-0.2, -0.15) is 0 Å². The van der Waals surface area contributed by atoms with Crippen LogP contribution in [0, 0.1) is 0 Å². The van der Waals surface area contributed by atoms with E-state index in [2.05, 4.69) is 4.72 Å². The summed E-state index contributed by atoms with van der Waals surface area (Å²) in [6.07, 6.45) is 2.00. The van der Waals surface area contributed by atoms with Crippen molar-refractivity contribution in [1.82, 2.24) is 4.72 Å². The molecule has 0 bridgehead atoms. The summed E-state index contributed by atoms with van der Waals surface area (Å²) < 4.78 is 33.6. The maximum Gasteiger partial charge on any atom is 0.244 e. The van der Waals surface area contributed by atoms with E-state index in [9.17, 15) is 8.42 Å². The molecule has 0 amide bonds. The summed E-state index contributed by atoms with van der Waals surface area (Å²) in [6, 6.07) is 12.0. The maximum atomic E-state index is 12.7. The quantitative estimate of drug-likeness (QED) is 0.713. The van der Waals surface area contributed by atoms with Crippen LogP contribution in [0.2, 0.25) is 5.02 Å². The smallest absolute Gasteiger partial charge is 0.244 e. The lowest BCUT2D eigenvalue weighted by molar-refractivity contribution is 0.331. The maximum absolute atomic E-state index is 12.7. The van der Waals surface area contributed by atoms with Gasteiger partial charge in [-0.3, -0.25) is 0 Å². The van der Waals surface area contributed by atoms with Gasteiger partial charge in [0.15, 0.2) is 0 Å². The second kappa shape index (κ2) is 8.25. The molecule has 0 aliphatic heterocycles. The zero-order chi connectivity index (χ0) is 17.7. The highest BCUT2D eigenvalue weighted by molar-refractivity contribution is 7.98. The van der Waals surface area contributed by atoms with Crippen LogP contribution in [0.4, 0.5) is 0 Å². The Bertz CT molecular complexity index is 792. The van der Waals surface area contributed by atoms with Gasteiger partial charge in [0, 0.05) is 16.0 Å². The number of sulfonamides is 1. The third-order valence-electron chi connectivity index (χ3n) is 3.44. The lowest BCUT2D eigenvalue weighted by atomic mass is 10.1. The molecule has 0 fully saturated rings. The molecule has 0 spiro atoms. The lowest BCUT2D eigenvalue weighted by Crippen LogP contribution is -2.27. The van der Waals surface area contributed by atoms with Crippen molar-refractivity contribution in [2.45, 2.75) is 29.7 Å². The molecule has 0 unspecified atom stereocenters. The van der Waals surface area contributed by atoms with E-state index in [1.165, 1.54) is 6.07 Å². The van der Waals surface area contributed by atoms with Crippen molar-refractivity contribution in [1.29, 1.82) is 0 Å². The predicted octanol–water partition coefficient (Wildman–Crippen LogP) is 4.50. The fourth-order valence-corrected chi connectivity index (χ4v) is 4.27. The van der Waals surface area contributed by atoms with Crippen LogP contribution >= 0.6 is 23.4 Å². The Labute approximate surface area is 152 Å². The highest BCUT2D eigenvalue weighted by atomic mass is 35.5. The summed E-state index contributed by atoms with van der Waals surface area (Å²) in [6.45, 7) is 3.97. The molecule has 4 nitrogen and oxygen atoms in total. The van der Waals surface area contributed by atoms with Crippen LogP contribution in [0.15, 0.2) is 52.3 Å². The molecular formula is C17H20ClNO3S2. The van der Waals surface area contributed by atoms with E-state index < -0.39 is 10.0 Å². The van der Waals surface area contributed by atoms with Gasteiger partial charge in [-0.05, 0) is 56.0 Å². The minimum Gasteiger partial charge on any atom is -0.492 e. The first-order valence-corrected chi connectivity index (χ1v) is 10.5. The molecule has 2 aromatic rings. The molecule has 0 aliphatic rings. The zero-order valence-corrected chi connectivity index (χ0v) is 16.1. The van der Waals surface area contributed by atoms with E-state index >= 15 is 0 Å². The van der Waals surface area contributed by atoms with Crippen molar-refractivity contribution in [3.63, 3.8) is 0 Å². The molecule has 0 saturated heterocycles. The van der Waals surface area contributed by atoms with Crippen LogP contribution < -0.4 is 9.46 Å². The fraction of sp³-hybridized carbons (Fsp3) is 0.294. The van der Waals surface area contributed by atoms with Crippen molar-refractivity contribution in [3.05, 3.63) is 53.1 Å². The zero-order valence-electron chi connectivity index (χ0n) is 13.7. The van der Waals surface area contributed by atoms with Gasteiger partial charge in [-0.1, -0.05) is 23.7 Å². The second-order valence-corrected chi connectivity index (χ2v) is 8.14. The fourth-order valence-electron chi connectivity index (χ4n) is 2.22. The van der Waals surface area contributed by atoms with E-state index in [-0.39, 0.29) is 10.9 Å². The minimum atomic E-state index is -3.76. The Hall–Kier alpha value is -1.21. The summed E-state index contributed by atoms with van der Waals surface area (Å²) in [5, 5.41) is 0.343. The molecule has 2 aromatic carbocycles. The van der Waals surface area contributed by atoms with E-state index in [0.717, 1.165) is 10.5 Å². The van der Waals surface area contributed by atoms with E-state index in [4.69, 9.17) is 16.3 Å². The summed E-state index contributed by atoms with van der Waals surface area (Å²) in [4.78, 5) is 1.17. The van der Waals surface area contributed by atoms with E-state index in [1.807, 2.05) is 30.5 Å². The normalized spacial score (nSPS) is 12.8. The molecule has 2 rings (SSSR count). The van der Waals surface area contributed by atoms with Crippen molar-refractivity contribution in [2.75, 3.05) is 12.9 Å². The van der Waals surface area contributed by atoms with Crippen LogP contribution in [-0.4, -0.2) is 21.3 Å². The van der Waals surface area contributed by atoms with Crippen LogP contribution in [0.3, 0.4) is 0 Å². The SMILES string of the molecule is CCOc1ccc(Cl)cc1S(=O)(=O)N[C@@H](C)c1ccc(SC)cc1. The second-order valence-electron chi connectivity index (χ2n) is 5.14. The Balaban J connectivity index is 2.28. The minimum absolute atomic E-state index is 0.0458. The molecule has 0 heterocycles. The van der Waals surface area contributed by atoms with Gasteiger partial charge in [-0.25, -0.2) is 13.1 Å². The Morgan fingerprint density at radius 3 is 2.46 bits per heavy atom. The highest BCUT2D eigenvalue weighted by Crippen LogP contribution is 2.29. The third kappa shape index (κ3) is 4.66. The van der Waals surface area contributed by atoms with Crippen LogP contribution in [0.1, 0.15) is 25.5 Å². The number of hydrogen-bond donors (Lipinski definition) is 1. The first-order valence-electron chi connectivity index (χ1n) is 7.46. The molecule has 24 heavy (non-hydrogen) atoms. The summed E-state index contributed by atoms with van der Waals surface area (Å²) in [7, 11) is -3.76. The first-order chi connectivity index (χ1) is 11.4. The van der Waals surface area contributed by atoms with Gasteiger partial charge in [0.2, 0.25) is 10.0 Å². The molecule has 1 N–H and O–H groups in total. The molecular weight excluding hydrogens is 366 g/mol. The number of hydrogen-bond acceptors (Lipinski definition) is 4. The molecule has 0 saturated carbocycles. The third-order valence-corrected chi connectivity index (χ3v) is 5.98. The van der Waals surface area contributed by atoms with E-state index in [1.54, 1.807) is 37.7 Å². The van der Waals surface area contributed by atoms with Crippen molar-refractivity contribution in [3.8, 4) is 5.75 Å². The monoisotopic (exact) mass is 385 g/mol. The number of thioether (sulfide) groups is 1. The Kier molecular flexibility index (Phi) is 6.57. The number of ether oxygens (including phenoxy) is 1. The standard InChI is InChI=1S/C17H20ClNO3S2/c1-4-22-16-10-7-14(18)11-17(16)24(20,21)19-12(2)13-5-8-15(23-3)9-6-13/h5-12,19H,4H2,1-3H3/t12-/m0/s1. The lowest BCUT2D eigenvalue weighted by Gasteiger charge is -2.17. The predicted molar refractivity (Wildman–Crippen MR) is 99.6 cm³/mol. The van der Waals surface area contributed by atoms with Gasteiger partial charge < -0.3 is 4.74 Å². The number of nitrogens with one attached hydrogen (secondary N) is 1. The Morgan fingerprint density at radius 2 is 1.88 bits per heavy atom. The van der Waals surface area contributed by atoms with Gasteiger partial charge >= 0.3 is 0 Å². The topological polar surface area (TPSA) is 55.4 Å². The molecule has 130 valence electrons. The summed E-state index contributed by atoms with van der Waals surface area (Å²) >= 11 is 7.60. The van der Waals surface area contributed by atoms with Crippen molar-refractivity contribution in [2.24, 2.45) is 0 Å². The first kappa shape index (κ1) is 19.1. The molecule has 0 aromatic heterocycles. The average molecular weight is 386 g/mol. The molecule has 1 atom stereocenters. The van der Waals surface area contributed by atoms with Crippen LogP contribution in [0.25, 0.3) is 0 Å². The highest BCUT2D eigenvalue weighted by Gasteiger charge is 2.23. The van der Waals surface area contributed by atoms with E-state index in [0.29, 0.717) is 17.4 Å². The Morgan fingerprint density at radius 1 is 1.21 bits per heavy atom. The summed E-state index contributed by atoms with van der Waals surface area (Å²) in [5.41, 5.74) is 0.886. The summed E-state index contributed by atoms with van der Waals surface area (Å²) in [5.74, 6) is 0.291. The molecule has 0 aliphatic carbocycles. The van der Waals surface area contributed by atoms with Crippen molar-refractivity contribution >= 4 is 33.4 Å². The van der Waals surface area contributed by atoms with Gasteiger partial charge in [0.1, 0.15) is 10.6 Å². The van der Waals surface area contributed by atoms with Gasteiger partial charge in [0.05, 0.1) is 6.61 Å². The molecule has 7 heteroatoms. The van der Waals surface area contributed by atoms with Crippen LogP contribution in [0.5, 0.6) is 5.75 Å². The largest absolute Gasteiger partial charge is 0.492 e. The number of halogens is 1. The average Bonchev–Trinajstić information content (AvgIpc) is 2.56. The van der Waals surface area contributed by atoms with Gasteiger partial charge in [0.25, 0.3) is 0 Å². The number of rotatable bonds is 7. The van der Waals surface area contributed by atoms with Crippen LogP contribution in [-0.2, 0) is 10.0 Å². The van der Waals surface area contributed by atoms with Crippen molar-refractivity contribution < 1.29 is 13.2 Å².